The summed E-state index contributed by atoms with van der Waals surface area (Å²) in [7, 11) is 0. The van der Waals surface area contributed by atoms with E-state index >= 15 is 0 Å². The molecule has 0 saturated carbocycles. The number of fused-ring (bicyclic) bond motifs is 1. The average Bonchev–Trinajstić information content (AvgIpc) is 2.94. The first-order valence-electron chi connectivity index (χ1n) is 6.68. The van der Waals surface area contributed by atoms with Gasteiger partial charge in [0, 0.05) is 18.1 Å². The minimum atomic E-state index is -1.06. The third-order valence-corrected chi connectivity index (χ3v) is 3.33. The van der Waals surface area contributed by atoms with E-state index < -0.39 is 5.60 Å². The maximum atomic E-state index is 9.96. The highest BCUT2D eigenvalue weighted by Gasteiger charge is 2.23. The molecule has 6 heteroatoms. The van der Waals surface area contributed by atoms with Gasteiger partial charge in [0.15, 0.2) is 0 Å². The Bertz CT molecular complexity index is 762. The standard InChI is InChI=1S/C15H16N4O2/c1-15(20,9-16)8-12-18-14(19-21-12)13-11-5-3-2-4-10(11)6-7-17-13/h2-7,20H,8-9,16H2,1H3. The Morgan fingerprint density at radius 2 is 2.10 bits per heavy atom. The first kappa shape index (κ1) is 13.7. The van der Waals surface area contributed by atoms with Gasteiger partial charge in [-0.1, -0.05) is 29.4 Å². The van der Waals surface area contributed by atoms with Gasteiger partial charge in [-0.2, -0.15) is 4.98 Å². The molecule has 1 atom stereocenters. The van der Waals surface area contributed by atoms with E-state index in [0.717, 1.165) is 10.8 Å². The number of nitrogens with two attached hydrogens (primary N) is 1. The zero-order valence-corrected chi connectivity index (χ0v) is 11.7. The monoisotopic (exact) mass is 284 g/mol. The molecule has 0 saturated heterocycles. The SMILES string of the molecule is CC(O)(CN)Cc1nc(-c2nccc3ccccc23)no1. The predicted octanol–water partition coefficient (Wildman–Crippen LogP) is 1.54. The summed E-state index contributed by atoms with van der Waals surface area (Å²) in [5.74, 6) is 0.754. The summed E-state index contributed by atoms with van der Waals surface area (Å²) in [6, 6.07) is 9.80. The van der Waals surface area contributed by atoms with Gasteiger partial charge in [0.05, 0.1) is 12.0 Å². The maximum absolute atomic E-state index is 9.96. The van der Waals surface area contributed by atoms with Gasteiger partial charge in [0.25, 0.3) is 0 Å². The van der Waals surface area contributed by atoms with Crippen LogP contribution < -0.4 is 5.73 Å². The van der Waals surface area contributed by atoms with Crippen molar-refractivity contribution in [2.45, 2.75) is 18.9 Å². The minimum Gasteiger partial charge on any atom is -0.388 e. The van der Waals surface area contributed by atoms with Gasteiger partial charge in [-0.3, -0.25) is 4.98 Å². The van der Waals surface area contributed by atoms with Crippen molar-refractivity contribution in [3.05, 3.63) is 42.4 Å². The molecule has 3 aromatic rings. The highest BCUT2D eigenvalue weighted by molar-refractivity contribution is 5.92. The molecule has 2 aromatic heterocycles. The molecule has 21 heavy (non-hydrogen) atoms. The Hall–Kier alpha value is -2.31. The summed E-state index contributed by atoms with van der Waals surface area (Å²) in [5.41, 5.74) is 5.10. The van der Waals surface area contributed by atoms with Gasteiger partial charge < -0.3 is 15.4 Å². The van der Waals surface area contributed by atoms with Crippen LogP contribution in [0.25, 0.3) is 22.3 Å². The fourth-order valence-electron chi connectivity index (χ4n) is 2.12. The molecule has 0 spiro atoms. The van der Waals surface area contributed by atoms with E-state index in [-0.39, 0.29) is 13.0 Å². The molecule has 0 radical (unpaired) electrons. The molecule has 0 bridgehead atoms. The lowest BCUT2D eigenvalue weighted by atomic mass is 10.0. The van der Waals surface area contributed by atoms with Crippen LogP contribution in [0, 0.1) is 0 Å². The number of aliphatic hydroxyl groups is 1. The van der Waals surface area contributed by atoms with E-state index in [4.69, 9.17) is 10.3 Å². The van der Waals surface area contributed by atoms with Gasteiger partial charge >= 0.3 is 0 Å². The van der Waals surface area contributed by atoms with Crippen LogP contribution in [0.5, 0.6) is 0 Å². The predicted molar refractivity (Wildman–Crippen MR) is 78.4 cm³/mol. The third-order valence-electron chi connectivity index (χ3n) is 3.33. The molecule has 6 nitrogen and oxygen atoms in total. The van der Waals surface area contributed by atoms with Crippen LogP contribution in [0.2, 0.25) is 0 Å². The van der Waals surface area contributed by atoms with Crippen molar-refractivity contribution in [2.75, 3.05) is 6.54 Å². The molecule has 0 amide bonds. The normalized spacial score (nSPS) is 14.2. The number of aromatic nitrogens is 3. The van der Waals surface area contributed by atoms with E-state index in [1.165, 1.54) is 0 Å². The van der Waals surface area contributed by atoms with Crippen LogP contribution in [0.15, 0.2) is 41.1 Å². The molecule has 3 rings (SSSR count). The van der Waals surface area contributed by atoms with Crippen molar-refractivity contribution in [2.24, 2.45) is 5.73 Å². The van der Waals surface area contributed by atoms with Crippen molar-refractivity contribution in [3.8, 4) is 11.5 Å². The Morgan fingerprint density at radius 1 is 1.29 bits per heavy atom. The van der Waals surface area contributed by atoms with E-state index in [9.17, 15) is 5.11 Å². The van der Waals surface area contributed by atoms with Crippen molar-refractivity contribution in [1.29, 1.82) is 0 Å². The van der Waals surface area contributed by atoms with Crippen LogP contribution in [0.3, 0.4) is 0 Å². The van der Waals surface area contributed by atoms with Crippen LogP contribution in [-0.4, -0.2) is 32.4 Å². The molecule has 0 fully saturated rings. The maximum Gasteiger partial charge on any atom is 0.229 e. The van der Waals surface area contributed by atoms with Gasteiger partial charge in [-0.25, -0.2) is 0 Å². The number of pyridine rings is 1. The molecule has 2 heterocycles. The van der Waals surface area contributed by atoms with Crippen molar-refractivity contribution < 1.29 is 9.63 Å². The van der Waals surface area contributed by atoms with E-state index in [1.807, 2.05) is 30.3 Å². The van der Waals surface area contributed by atoms with Crippen molar-refractivity contribution in [3.63, 3.8) is 0 Å². The Balaban J connectivity index is 1.99. The molecule has 1 aromatic carbocycles. The van der Waals surface area contributed by atoms with Gasteiger partial charge in [-0.15, -0.1) is 0 Å². The summed E-state index contributed by atoms with van der Waals surface area (Å²) in [5, 5.41) is 15.9. The lowest BCUT2D eigenvalue weighted by molar-refractivity contribution is 0.0610. The van der Waals surface area contributed by atoms with Crippen LogP contribution in [0.4, 0.5) is 0 Å². The lowest BCUT2D eigenvalue weighted by Gasteiger charge is -2.17. The molecule has 108 valence electrons. The number of benzene rings is 1. The quantitative estimate of drug-likeness (QED) is 0.754. The first-order valence-corrected chi connectivity index (χ1v) is 6.68. The molecule has 0 aliphatic carbocycles. The van der Waals surface area contributed by atoms with Gasteiger partial charge in [0.2, 0.25) is 11.7 Å². The zero-order valence-electron chi connectivity index (χ0n) is 11.7. The molecule has 3 N–H and O–H groups in total. The Labute approximate surface area is 121 Å². The second kappa shape index (κ2) is 5.23. The van der Waals surface area contributed by atoms with E-state index in [1.54, 1.807) is 13.1 Å². The molecule has 1 unspecified atom stereocenters. The molecular formula is C15H16N4O2. The van der Waals surface area contributed by atoms with Crippen molar-refractivity contribution >= 4 is 10.8 Å². The minimum absolute atomic E-state index is 0.122. The molecule has 0 aliphatic heterocycles. The number of hydrogen-bond donors (Lipinski definition) is 2. The smallest absolute Gasteiger partial charge is 0.229 e. The topological polar surface area (TPSA) is 98.1 Å². The number of hydrogen-bond acceptors (Lipinski definition) is 6. The largest absolute Gasteiger partial charge is 0.388 e. The van der Waals surface area contributed by atoms with Gasteiger partial charge in [0.1, 0.15) is 5.69 Å². The third kappa shape index (κ3) is 2.76. The highest BCUT2D eigenvalue weighted by Crippen LogP contribution is 2.24. The summed E-state index contributed by atoms with van der Waals surface area (Å²) >= 11 is 0. The zero-order chi connectivity index (χ0) is 14.9. The summed E-state index contributed by atoms with van der Waals surface area (Å²) in [6.07, 6.45) is 1.92. The van der Waals surface area contributed by atoms with Crippen molar-refractivity contribution in [1.82, 2.24) is 15.1 Å². The molecule has 0 aliphatic rings. The Kier molecular flexibility index (Phi) is 3.40. The second-order valence-corrected chi connectivity index (χ2v) is 5.27. The Morgan fingerprint density at radius 3 is 2.90 bits per heavy atom. The second-order valence-electron chi connectivity index (χ2n) is 5.27. The fraction of sp³-hybridized carbons (Fsp3) is 0.267. The fourth-order valence-corrected chi connectivity index (χ4v) is 2.12. The number of nitrogens with zero attached hydrogens (tertiary/aromatic N) is 3. The first-order chi connectivity index (χ1) is 10.1. The molecular weight excluding hydrogens is 268 g/mol. The summed E-state index contributed by atoms with van der Waals surface area (Å²) in [6.45, 7) is 1.75. The lowest BCUT2D eigenvalue weighted by Crippen LogP contribution is -2.36. The van der Waals surface area contributed by atoms with E-state index in [0.29, 0.717) is 17.4 Å². The average molecular weight is 284 g/mol. The highest BCUT2D eigenvalue weighted by atomic mass is 16.5. The van der Waals surface area contributed by atoms with E-state index in [2.05, 4.69) is 15.1 Å². The van der Waals surface area contributed by atoms with Crippen LogP contribution in [-0.2, 0) is 6.42 Å². The summed E-state index contributed by atoms with van der Waals surface area (Å²) < 4.78 is 5.19. The van der Waals surface area contributed by atoms with Gasteiger partial charge in [-0.05, 0) is 18.4 Å². The van der Waals surface area contributed by atoms with Crippen LogP contribution >= 0.6 is 0 Å². The van der Waals surface area contributed by atoms with Crippen LogP contribution in [0.1, 0.15) is 12.8 Å². The summed E-state index contributed by atoms with van der Waals surface area (Å²) in [4.78, 5) is 8.64. The number of rotatable bonds is 4.